The zero-order valence-corrected chi connectivity index (χ0v) is 16.3. The van der Waals surface area contributed by atoms with Crippen molar-refractivity contribution < 1.29 is 9.59 Å². The molecule has 0 spiro atoms. The maximum atomic E-state index is 12.3. The highest BCUT2D eigenvalue weighted by molar-refractivity contribution is 8.00. The Bertz CT molecular complexity index is 735. The number of carbonyl (C=O) groups is 2. The number of halogens is 1. The Labute approximate surface area is 155 Å². The van der Waals surface area contributed by atoms with E-state index in [-0.39, 0.29) is 11.7 Å². The standard InChI is InChI=1S/C18H20ClNO2S2/c1-18(2,3)17(22)20-10-12-8-9-16(24-12)14(21)11-23-15-7-5-4-6-13(15)19/h4-9H,10-11H2,1-3H3,(H,20,22). The number of ketones is 1. The average Bonchev–Trinajstić information content (AvgIpc) is 2.99. The van der Waals surface area contributed by atoms with Crippen LogP contribution in [0.4, 0.5) is 0 Å². The summed E-state index contributed by atoms with van der Waals surface area (Å²) in [5.74, 6) is 0.411. The van der Waals surface area contributed by atoms with Gasteiger partial charge in [-0.3, -0.25) is 9.59 Å². The molecule has 1 N–H and O–H groups in total. The van der Waals surface area contributed by atoms with Crippen molar-refractivity contribution in [1.82, 2.24) is 5.32 Å². The first-order chi connectivity index (χ1) is 11.3. The SMILES string of the molecule is CC(C)(C)C(=O)NCc1ccc(C(=O)CSc2ccccc2Cl)s1. The van der Waals surface area contributed by atoms with E-state index in [2.05, 4.69) is 5.32 Å². The van der Waals surface area contributed by atoms with E-state index in [9.17, 15) is 9.59 Å². The number of carbonyl (C=O) groups excluding carboxylic acids is 2. The Morgan fingerprint density at radius 3 is 2.54 bits per heavy atom. The third-order valence-corrected chi connectivity index (χ3v) is 5.88. The number of rotatable bonds is 6. The molecule has 2 aromatic rings. The number of hydrogen-bond donors (Lipinski definition) is 1. The molecule has 0 aliphatic heterocycles. The molecule has 1 heterocycles. The van der Waals surface area contributed by atoms with Crippen molar-refractivity contribution in [1.29, 1.82) is 0 Å². The zero-order chi connectivity index (χ0) is 17.7. The number of amides is 1. The fraction of sp³-hybridized carbons (Fsp3) is 0.333. The Morgan fingerprint density at radius 1 is 1.17 bits per heavy atom. The molecule has 0 fully saturated rings. The fourth-order valence-corrected chi connectivity index (χ4v) is 3.93. The van der Waals surface area contributed by atoms with E-state index < -0.39 is 5.41 Å². The molecule has 0 saturated carbocycles. The number of Topliss-reactive ketones (excluding diaryl/α,β-unsaturated/α-hetero) is 1. The molecule has 0 saturated heterocycles. The van der Waals surface area contributed by atoms with Crippen LogP contribution < -0.4 is 5.32 Å². The molecule has 0 aliphatic carbocycles. The molecule has 24 heavy (non-hydrogen) atoms. The first-order valence-electron chi connectivity index (χ1n) is 7.55. The smallest absolute Gasteiger partial charge is 0.225 e. The first kappa shape index (κ1) is 19.0. The van der Waals surface area contributed by atoms with E-state index in [1.165, 1.54) is 23.1 Å². The van der Waals surface area contributed by atoms with Gasteiger partial charge in [0.15, 0.2) is 5.78 Å². The summed E-state index contributed by atoms with van der Waals surface area (Å²) in [4.78, 5) is 26.8. The summed E-state index contributed by atoms with van der Waals surface area (Å²) >= 11 is 8.95. The molecule has 6 heteroatoms. The Balaban J connectivity index is 1.89. The van der Waals surface area contributed by atoms with Crippen molar-refractivity contribution in [2.75, 3.05) is 5.75 Å². The molecule has 1 aromatic carbocycles. The van der Waals surface area contributed by atoms with E-state index >= 15 is 0 Å². The number of nitrogens with one attached hydrogen (secondary N) is 1. The maximum Gasteiger partial charge on any atom is 0.225 e. The van der Waals surface area contributed by atoms with Crippen LogP contribution in [0.2, 0.25) is 5.02 Å². The second kappa shape index (κ2) is 8.19. The molecule has 0 bridgehead atoms. The number of hydrogen-bond acceptors (Lipinski definition) is 4. The van der Waals surface area contributed by atoms with E-state index in [0.717, 1.165) is 9.77 Å². The quantitative estimate of drug-likeness (QED) is 0.563. The first-order valence-corrected chi connectivity index (χ1v) is 9.73. The van der Waals surface area contributed by atoms with Crippen LogP contribution in [0.1, 0.15) is 35.3 Å². The van der Waals surface area contributed by atoms with E-state index in [4.69, 9.17) is 11.6 Å². The largest absolute Gasteiger partial charge is 0.351 e. The maximum absolute atomic E-state index is 12.3. The average molecular weight is 382 g/mol. The van der Waals surface area contributed by atoms with Gasteiger partial charge in [-0.25, -0.2) is 0 Å². The minimum absolute atomic E-state index is 0.00180. The van der Waals surface area contributed by atoms with Gasteiger partial charge >= 0.3 is 0 Å². The van der Waals surface area contributed by atoms with Crippen LogP contribution >= 0.6 is 34.7 Å². The summed E-state index contributed by atoms with van der Waals surface area (Å²) in [6, 6.07) is 11.2. The molecule has 1 amide bonds. The lowest BCUT2D eigenvalue weighted by Crippen LogP contribution is -2.34. The lowest BCUT2D eigenvalue weighted by atomic mass is 9.96. The van der Waals surface area contributed by atoms with E-state index in [1.807, 2.05) is 57.2 Å². The third-order valence-electron chi connectivity index (χ3n) is 3.24. The predicted molar refractivity (Wildman–Crippen MR) is 102 cm³/mol. The van der Waals surface area contributed by atoms with Gasteiger partial charge in [0.1, 0.15) is 0 Å². The van der Waals surface area contributed by atoms with Crippen LogP contribution in [0, 0.1) is 5.41 Å². The molecule has 1 aromatic heterocycles. The number of benzene rings is 1. The van der Waals surface area contributed by atoms with Gasteiger partial charge in [-0.2, -0.15) is 0 Å². The summed E-state index contributed by atoms with van der Waals surface area (Å²) in [5.41, 5.74) is -0.415. The van der Waals surface area contributed by atoms with Gasteiger partial charge in [0, 0.05) is 15.2 Å². The lowest BCUT2D eigenvalue weighted by Gasteiger charge is -2.17. The number of thiophene rings is 1. The van der Waals surface area contributed by atoms with Crippen molar-refractivity contribution in [2.24, 2.45) is 5.41 Å². The van der Waals surface area contributed by atoms with Crippen molar-refractivity contribution >= 4 is 46.4 Å². The molecular weight excluding hydrogens is 362 g/mol. The second-order valence-electron chi connectivity index (χ2n) is 6.34. The Morgan fingerprint density at radius 2 is 1.88 bits per heavy atom. The molecule has 0 atom stereocenters. The normalized spacial score (nSPS) is 11.3. The molecule has 2 rings (SSSR count). The third kappa shape index (κ3) is 5.36. The fourth-order valence-electron chi connectivity index (χ4n) is 1.83. The number of thioether (sulfide) groups is 1. The highest BCUT2D eigenvalue weighted by Gasteiger charge is 2.21. The van der Waals surface area contributed by atoms with Gasteiger partial charge in [-0.1, -0.05) is 44.5 Å². The van der Waals surface area contributed by atoms with Crippen molar-refractivity contribution in [3.63, 3.8) is 0 Å². The summed E-state index contributed by atoms with van der Waals surface area (Å²) < 4.78 is 0. The van der Waals surface area contributed by atoms with Crippen LogP contribution in [-0.4, -0.2) is 17.4 Å². The van der Waals surface area contributed by atoms with Crippen LogP contribution in [0.25, 0.3) is 0 Å². The molecule has 0 aliphatic rings. The monoisotopic (exact) mass is 381 g/mol. The molecule has 0 radical (unpaired) electrons. The summed E-state index contributed by atoms with van der Waals surface area (Å²) in [5, 5.41) is 3.55. The molecule has 0 unspecified atom stereocenters. The summed E-state index contributed by atoms with van der Waals surface area (Å²) in [6.45, 7) is 6.07. The van der Waals surface area contributed by atoms with Crippen LogP contribution in [0.3, 0.4) is 0 Å². The van der Waals surface area contributed by atoms with E-state index in [1.54, 1.807) is 0 Å². The van der Waals surface area contributed by atoms with Gasteiger partial charge in [-0.15, -0.1) is 23.1 Å². The molecular formula is C18H20ClNO2S2. The molecule has 3 nitrogen and oxygen atoms in total. The van der Waals surface area contributed by atoms with Gasteiger partial charge in [0.25, 0.3) is 0 Å². The minimum atomic E-state index is -0.415. The van der Waals surface area contributed by atoms with Gasteiger partial charge in [0.2, 0.25) is 5.91 Å². The Kier molecular flexibility index (Phi) is 6.49. The van der Waals surface area contributed by atoms with E-state index in [0.29, 0.717) is 22.2 Å². The van der Waals surface area contributed by atoms with Gasteiger partial charge in [0.05, 0.1) is 22.2 Å². The van der Waals surface area contributed by atoms with Crippen molar-refractivity contribution in [3.05, 3.63) is 51.2 Å². The van der Waals surface area contributed by atoms with Crippen molar-refractivity contribution in [3.8, 4) is 0 Å². The minimum Gasteiger partial charge on any atom is -0.351 e. The zero-order valence-electron chi connectivity index (χ0n) is 13.9. The summed E-state index contributed by atoms with van der Waals surface area (Å²) in [7, 11) is 0. The van der Waals surface area contributed by atoms with Gasteiger partial charge < -0.3 is 5.32 Å². The van der Waals surface area contributed by atoms with Crippen LogP contribution in [0.5, 0.6) is 0 Å². The lowest BCUT2D eigenvalue weighted by molar-refractivity contribution is -0.128. The molecule has 128 valence electrons. The second-order valence-corrected chi connectivity index (χ2v) is 8.93. The van der Waals surface area contributed by atoms with Crippen LogP contribution in [0.15, 0.2) is 41.3 Å². The van der Waals surface area contributed by atoms with Gasteiger partial charge in [-0.05, 0) is 24.3 Å². The highest BCUT2D eigenvalue weighted by Crippen LogP contribution is 2.28. The predicted octanol–water partition coefficient (Wildman–Crippen LogP) is 5.04. The highest BCUT2D eigenvalue weighted by atomic mass is 35.5. The summed E-state index contributed by atoms with van der Waals surface area (Å²) in [6.07, 6.45) is 0. The van der Waals surface area contributed by atoms with Crippen LogP contribution in [-0.2, 0) is 11.3 Å². The Hall–Kier alpha value is -1.30. The topological polar surface area (TPSA) is 46.2 Å². The van der Waals surface area contributed by atoms with Crippen molar-refractivity contribution in [2.45, 2.75) is 32.2 Å².